The quantitative estimate of drug-likeness (QED) is 0.760. The highest BCUT2D eigenvalue weighted by Gasteiger charge is 2.24. The number of benzene rings is 1. The van der Waals surface area contributed by atoms with Gasteiger partial charge in [0.15, 0.2) is 0 Å². The Bertz CT molecular complexity index is 531. The van der Waals surface area contributed by atoms with Crippen LogP contribution in [0.1, 0.15) is 39.2 Å². The van der Waals surface area contributed by atoms with E-state index < -0.39 is 0 Å². The second kappa shape index (κ2) is 4.44. The highest BCUT2D eigenvalue weighted by molar-refractivity contribution is 5.83. The lowest BCUT2D eigenvalue weighted by atomic mass is 9.80. The van der Waals surface area contributed by atoms with E-state index in [0.717, 1.165) is 23.8 Å². The van der Waals surface area contributed by atoms with Crippen LogP contribution in [0, 0.1) is 5.82 Å². The number of hydrogen-bond acceptors (Lipinski definition) is 1. The van der Waals surface area contributed by atoms with Gasteiger partial charge in [0.1, 0.15) is 5.82 Å². The Balaban J connectivity index is 2.60. The molecule has 0 bridgehead atoms. The van der Waals surface area contributed by atoms with Gasteiger partial charge in [0.25, 0.3) is 0 Å². The van der Waals surface area contributed by atoms with Crippen molar-refractivity contribution in [2.24, 2.45) is 0 Å². The fourth-order valence-corrected chi connectivity index (χ4v) is 2.41. The highest BCUT2D eigenvalue weighted by atomic mass is 19.1. The van der Waals surface area contributed by atoms with Gasteiger partial charge in [-0.2, -0.15) is 0 Å². The van der Waals surface area contributed by atoms with Crippen molar-refractivity contribution in [3.63, 3.8) is 0 Å². The van der Waals surface area contributed by atoms with E-state index >= 15 is 0 Å². The fraction of sp³-hybridized carbons (Fsp3) is 0.400. The first kappa shape index (κ1) is 12.0. The molecule has 0 aliphatic heterocycles. The van der Waals surface area contributed by atoms with Crippen LogP contribution in [0.2, 0.25) is 0 Å². The summed E-state index contributed by atoms with van der Waals surface area (Å²) in [7, 11) is 0. The SMILES string of the molecule is CCCC(C)(C)c1ccc2cnccc2c1F. The summed E-state index contributed by atoms with van der Waals surface area (Å²) >= 11 is 0. The Morgan fingerprint density at radius 3 is 2.71 bits per heavy atom. The summed E-state index contributed by atoms with van der Waals surface area (Å²) in [6, 6.07) is 5.60. The number of nitrogens with zero attached hydrogens (tertiary/aromatic N) is 1. The van der Waals surface area contributed by atoms with E-state index in [2.05, 4.69) is 25.8 Å². The molecule has 0 N–H and O–H groups in total. The third-order valence-electron chi connectivity index (χ3n) is 3.36. The lowest BCUT2D eigenvalue weighted by molar-refractivity contribution is 0.447. The van der Waals surface area contributed by atoms with Crippen molar-refractivity contribution in [2.45, 2.75) is 39.0 Å². The molecule has 1 nitrogen and oxygen atoms in total. The molecule has 0 saturated heterocycles. The Morgan fingerprint density at radius 2 is 2.00 bits per heavy atom. The molecular formula is C15H18FN. The minimum Gasteiger partial charge on any atom is -0.264 e. The van der Waals surface area contributed by atoms with Crippen molar-refractivity contribution >= 4 is 10.8 Å². The summed E-state index contributed by atoms with van der Waals surface area (Å²) in [4.78, 5) is 4.02. The number of halogens is 1. The molecule has 0 atom stereocenters. The van der Waals surface area contributed by atoms with Gasteiger partial charge in [-0.1, -0.05) is 39.3 Å². The Hall–Kier alpha value is -1.44. The van der Waals surface area contributed by atoms with Gasteiger partial charge in [-0.15, -0.1) is 0 Å². The van der Waals surface area contributed by atoms with E-state index in [1.807, 2.05) is 12.1 Å². The van der Waals surface area contributed by atoms with Gasteiger partial charge in [-0.3, -0.25) is 4.98 Å². The largest absolute Gasteiger partial charge is 0.264 e. The number of aromatic nitrogens is 1. The standard InChI is InChI=1S/C15H18FN/c1-4-8-15(2,3)13-6-5-11-10-17-9-7-12(11)14(13)16/h5-7,9-10H,4,8H2,1-3H3. The maximum atomic E-state index is 14.5. The van der Waals surface area contributed by atoms with Gasteiger partial charge < -0.3 is 0 Å². The van der Waals surface area contributed by atoms with Crippen LogP contribution in [0.4, 0.5) is 4.39 Å². The lowest BCUT2D eigenvalue weighted by Crippen LogP contribution is -2.18. The normalized spacial score (nSPS) is 12.0. The summed E-state index contributed by atoms with van der Waals surface area (Å²) in [5.74, 6) is -0.0941. The van der Waals surface area contributed by atoms with Crippen molar-refractivity contribution in [3.8, 4) is 0 Å². The van der Waals surface area contributed by atoms with E-state index in [9.17, 15) is 4.39 Å². The van der Waals surface area contributed by atoms with Crippen LogP contribution in [0.25, 0.3) is 10.8 Å². The zero-order valence-corrected chi connectivity index (χ0v) is 10.6. The third-order valence-corrected chi connectivity index (χ3v) is 3.36. The first-order valence-corrected chi connectivity index (χ1v) is 6.09. The van der Waals surface area contributed by atoms with Gasteiger partial charge in [-0.25, -0.2) is 4.39 Å². The number of rotatable bonds is 3. The lowest BCUT2D eigenvalue weighted by Gasteiger charge is -2.25. The minimum absolute atomic E-state index is 0.0941. The van der Waals surface area contributed by atoms with Gasteiger partial charge in [0, 0.05) is 23.2 Å². The maximum Gasteiger partial charge on any atom is 0.134 e. The molecule has 17 heavy (non-hydrogen) atoms. The molecule has 2 rings (SSSR count). The van der Waals surface area contributed by atoms with Crippen molar-refractivity contribution in [1.82, 2.24) is 4.98 Å². The van der Waals surface area contributed by atoms with E-state index in [0.29, 0.717) is 5.39 Å². The molecule has 0 amide bonds. The van der Waals surface area contributed by atoms with Gasteiger partial charge in [-0.05, 0) is 23.5 Å². The van der Waals surface area contributed by atoms with Crippen LogP contribution in [0.15, 0.2) is 30.6 Å². The van der Waals surface area contributed by atoms with E-state index in [4.69, 9.17) is 0 Å². The second-order valence-corrected chi connectivity index (χ2v) is 5.16. The first-order valence-electron chi connectivity index (χ1n) is 6.09. The Labute approximate surface area is 102 Å². The Kier molecular flexibility index (Phi) is 3.14. The van der Waals surface area contributed by atoms with E-state index in [1.54, 1.807) is 18.5 Å². The topological polar surface area (TPSA) is 12.9 Å². The van der Waals surface area contributed by atoms with Crippen molar-refractivity contribution in [2.75, 3.05) is 0 Å². The second-order valence-electron chi connectivity index (χ2n) is 5.16. The highest BCUT2D eigenvalue weighted by Crippen LogP contribution is 2.33. The fourth-order valence-electron chi connectivity index (χ4n) is 2.41. The van der Waals surface area contributed by atoms with Crippen LogP contribution < -0.4 is 0 Å². The van der Waals surface area contributed by atoms with Crippen LogP contribution in [-0.2, 0) is 5.41 Å². The zero-order valence-electron chi connectivity index (χ0n) is 10.6. The van der Waals surface area contributed by atoms with Gasteiger partial charge in [0.2, 0.25) is 0 Å². The summed E-state index contributed by atoms with van der Waals surface area (Å²) in [5, 5.41) is 1.53. The number of hydrogen-bond donors (Lipinski definition) is 0. The summed E-state index contributed by atoms with van der Waals surface area (Å²) in [5.41, 5.74) is 0.689. The predicted octanol–water partition coefficient (Wildman–Crippen LogP) is 4.45. The maximum absolute atomic E-state index is 14.5. The number of pyridine rings is 1. The van der Waals surface area contributed by atoms with Crippen LogP contribution in [0.3, 0.4) is 0 Å². The average Bonchev–Trinajstić information content (AvgIpc) is 2.29. The Morgan fingerprint density at radius 1 is 1.24 bits per heavy atom. The molecule has 1 heterocycles. The third kappa shape index (κ3) is 2.17. The molecule has 0 spiro atoms. The predicted molar refractivity (Wildman–Crippen MR) is 69.6 cm³/mol. The molecule has 1 aromatic carbocycles. The van der Waals surface area contributed by atoms with E-state index in [-0.39, 0.29) is 11.2 Å². The van der Waals surface area contributed by atoms with Crippen molar-refractivity contribution in [3.05, 3.63) is 42.0 Å². The van der Waals surface area contributed by atoms with Gasteiger partial charge in [0.05, 0.1) is 0 Å². The molecule has 0 radical (unpaired) electrons. The monoisotopic (exact) mass is 231 g/mol. The molecule has 0 aliphatic carbocycles. The molecule has 2 heteroatoms. The summed E-state index contributed by atoms with van der Waals surface area (Å²) in [6.07, 6.45) is 5.39. The molecule has 1 aromatic heterocycles. The molecule has 0 aliphatic rings. The summed E-state index contributed by atoms with van der Waals surface area (Å²) < 4.78 is 14.5. The summed E-state index contributed by atoms with van der Waals surface area (Å²) in [6.45, 7) is 6.33. The van der Waals surface area contributed by atoms with Crippen LogP contribution in [-0.4, -0.2) is 4.98 Å². The molecule has 0 saturated carbocycles. The number of fused-ring (bicyclic) bond motifs is 1. The van der Waals surface area contributed by atoms with Crippen molar-refractivity contribution in [1.29, 1.82) is 0 Å². The van der Waals surface area contributed by atoms with Crippen LogP contribution in [0.5, 0.6) is 0 Å². The molecule has 0 fully saturated rings. The average molecular weight is 231 g/mol. The van der Waals surface area contributed by atoms with Crippen LogP contribution >= 0.6 is 0 Å². The smallest absolute Gasteiger partial charge is 0.134 e. The first-order chi connectivity index (χ1) is 8.06. The van der Waals surface area contributed by atoms with E-state index in [1.165, 1.54) is 0 Å². The molecule has 0 unspecified atom stereocenters. The molecule has 2 aromatic rings. The van der Waals surface area contributed by atoms with Crippen molar-refractivity contribution < 1.29 is 4.39 Å². The molecular weight excluding hydrogens is 213 g/mol. The molecule has 90 valence electrons. The van der Waals surface area contributed by atoms with Gasteiger partial charge >= 0.3 is 0 Å². The minimum atomic E-state index is -0.115. The zero-order chi connectivity index (χ0) is 12.5.